The number of nitrogens with one attached hydrogen (secondary N) is 1. The van der Waals surface area contributed by atoms with Crippen molar-refractivity contribution < 1.29 is 4.79 Å². The molecule has 1 amide bonds. The maximum Gasteiger partial charge on any atom is 0.238 e. The van der Waals surface area contributed by atoms with E-state index in [1.165, 1.54) is 13.1 Å². The quantitative estimate of drug-likeness (QED) is 0.755. The van der Waals surface area contributed by atoms with Crippen LogP contribution < -0.4 is 11.1 Å². The van der Waals surface area contributed by atoms with Crippen molar-refractivity contribution in [1.29, 1.82) is 0 Å². The van der Waals surface area contributed by atoms with E-state index in [1.54, 1.807) is 0 Å². The molecule has 4 heteroatoms. The van der Waals surface area contributed by atoms with Crippen LogP contribution in [-0.4, -0.2) is 42.5 Å². The lowest BCUT2D eigenvalue weighted by Gasteiger charge is -2.34. The molecule has 4 nitrogen and oxygen atoms in total. The molecule has 0 aromatic heterocycles. The number of nitrogens with zero attached hydrogens (tertiary/aromatic N) is 1. The summed E-state index contributed by atoms with van der Waals surface area (Å²) in [6, 6.07) is 0. The van der Waals surface area contributed by atoms with Crippen molar-refractivity contribution in [2.24, 2.45) is 23.5 Å². The Morgan fingerprint density at radius 1 is 1.33 bits per heavy atom. The zero-order valence-corrected chi connectivity index (χ0v) is 14.0. The van der Waals surface area contributed by atoms with Gasteiger partial charge >= 0.3 is 0 Å². The Labute approximate surface area is 129 Å². The first-order valence-corrected chi connectivity index (χ1v) is 8.77. The molecule has 122 valence electrons. The van der Waals surface area contributed by atoms with Crippen molar-refractivity contribution in [3.05, 3.63) is 0 Å². The van der Waals surface area contributed by atoms with Crippen LogP contribution in [0, 0.1) is 17.8 Å². The summed E-state index contributed by atoms with van der Waals surface area (Å²) in [7, 11) is 0. The molecule has 2 rings (SSSR count). The Morgan fingerprint density at radius 3 is 2.57 bits per heavy atom. The Hall–Kier alpha value is -0.610. The molecular weight excluding hydrogens is 262 g/mol. The molecule has 0 aromatic carbocycles. The SMILES string of the molecule is CCCNC1(C(N)=O)CCCC1CCN1CC(C)C(C)C1. The Kier molecular flexibility index (Phi) is 5.67. The number of carbonyl (C=O) groups is 1. The second kappa shape index (κ2) is 7.10. The minimum absolute atomic E-state index is 0.137. The van der Waals surface area contributed by atoms with Crippen molar-refractivity contribution in [3.8, 4) is 0 Å². The number of hydrogen-bond acceptors (Lipinski definition) is 3. The zero-order valence-electron chi connectivity index (χ0n) is 14.0. The molecule has 1 heterocycles. The van der Waals surface area contributed by atoms with Crippen LogP contribution in [0.2, 0.25) is 0 Å². The number of likely N-dealkylation sites (tertiary alicyclic amines) is 1. The second-order valence-corrected chi connectivity index (χ2v) is 7.35. The van der Waals surface area contributed by atoms with Gasteiger partial charge in [-0.3, -0.25) is 4.79 Å². The molecule has 0 aromatic rings. The van der Waals surface area contributed by atoms with E-state index in [2.05, 4.69) is 31.0 Å². The summed E-state index contributed by atoms with van der Waals surface area (Å²) >= 11 is 0. The third kappa shape index (κ3) is 3.59. The normalized spacial score (nSPS) is 37.2. The third-order valence-corrected chi connectivity index (χ3v) is 5.81. The van der Waals surface area contributed by atoms with E-state index in [9.17, 15) is 4.79 Å². The van der Waals surface area contributed by atoms with Crippen molar-refractivity contribution in [2.45, 2.75) is 58.4 Å². The third-order valence-electron chi connectivity index (χ3n) is 5.81. The summed E-state index contributed by atoms with van der Waals surface area (Å²) in [6.45, 7) is 11.2. The van der Waals surface area contributed by atoms with Crippen LogP contribution in [0.15, 0.2) is 0 Å². The second-order valence-electron chi connectivity index (χ2n) is 7.35. The molecule has 1 saturated heterocycles. The summed E-state index contributed by atoms with van der Waals surface area (Å²) in [6.07, 6.45) is 5.32. The van der Waals surface area contributed by atoms with E-state index in [4.69, 9.17) is 5.73 Å². The molecule has 4 unspecified atom stereocenters. The molecule has 0 spiro atoms. The van der Waals surface area contributed by atoms with Crippen molar-refractivity contribution in [3.63, 3.8) is 0 Å². The Balaban J connectivity index is 1.92. The summed E-state index contributed by atoms with van der Waals surface area (Å²) in [5.41, 5.74) is 5.34. The van der Waals surface area contributed by atoms with Gasteiger partial charge in [-0.25, -0.2) is 0 Å². The molecular formula is C17H33N3O. The smallest absolute Gasteiger partial charge is 0.238 e. The van der Waals surface area contributed by atoms with Gasteiger partial charge in [0.25, 0.3) is 0 Å². The lowest BCUT2D eigenvalue weighted by molar-refractivity contribution is -0.126. The number of rotatable bonds is 7. The van der Waals surface area contributed by atoms with Gasteiger partial charge in [0.05, 0.1) is 0 Å². The fourth-order valence-corrected chi connectivity index (χ4v) is 4.23. The van der Waals surface area contributed by atoms with E-state index in [1.807, 2.05) is 0 Å². The molecule has 2 aliphatic rings. The van der Waals surface area contributed by atoms with Crippen LogP contribution in [-0.2, 0) is 4.79 Å². The van der Waals surface area contributed by atoms with Gasteiger partial charge in [0.2, 0.25) is 5.91 Å². The van der Waals surface area contributed by atoms with E-state index >= 15 is 0 Å². The van der Waals surface area contributed by atoms with Crippen LogP contribution in [0.25, 0.3) is 0 Å². The average Bonchev–Trinajstić information content (AvgIpc) is 2.99. The highest BCUT2D eigenvalue weighted by molar-refractivity contribution is 5.85. The summed E-state index contributed by atoms with van der Waals surface area (Å²) in [5.74, 6) is 1.87. The maximum absolute atomic E-state index is 12.1. The number of carbonyl (C=O) groups excluding carboxylic acids is 1. The van der Waals surface area contributed by atoms with Crippen LogP contribution in [0.3, 0.4) is 0 Å². The van der Waals surface area contributed by atoms with Gasteiger partial charge in [0, 0.05) is 13.1 Å². The number of hydrogen-bond donors (Lipinski definition) is 2. The number of nitrogens with two attached hydrogens (primary N) is 1. The van der Waals surface area contributed by atoms with E-state index in [0.717, 1.165) is 57.0 Å². The highest BCUT2D eigenvalue weighted by atomic mass is 16.1. The minimum atomic E-state index is -0.438. The minimum Gasteiger partial charge on any atom is -0.368 e. The number of amides is 1. The van der Waals surface area contributed by atoms with E-state index < -0.39 is 5.54 Å². The van der Waals surface area contributed by atoms with Crippen LogP contribution >= 0.6 is 0 Å². The first-order chi connectivity index (χ1) is 9.99. The highest BCUT2D eigenvalue weighted by Crippen LogP contribution is 2.38. The summed E-state index contributed by atoms with van der Waals surface area (Å²) in [5, 5.41) is 3.49. The van der Waals surface area contributed by atoms with Crippen LogP contribution in [0.4, 0.5) is 0 Å². The molecule has 21 heavy (non-hydrogen) atoms. The highest BCUT2D eigenvalue weighted by Gasteiger charge is 2.47. The molecule has 3 N–H and O–H groups in total. The molecule has 1 saturated carbocycles. The van der Waals surface area contributed by atoms with E-state index in [-0.39, 0.29) is 5.91 Å². The van der Waals surface area contributed by atoms with Gasteiger partial charge in [-0.15, -0.1) is 0 Å². The van der Waals surface area contributed by atoms with Gasteiger partial charge in [0.15, 0.2) is 0 Å². The van der Waals surface area contributed by atoms with Crippen molar-refractivity contribution in [2.75, 3.05) is 26.2 Å². The number of primary amides is 1. The van der Waals surface area contributed by atoms with Crippen LogP contribution in [0.5, 0.6) is 0 Å². The molecule has 4 atom stereocenters. The van der Waals surface area contributed by atoms with Crippen molar-refractivity contribution in [1.82, 2.24) is 10.2 Å². The van der Waals surface area contributed by atoms with E-state index in [0.29, 0.717) is 5.92 Å². The lowest BCUT2D eigenvalue weighted by atomic mass is 9.83. The predicted octanol–water partition coefficient (Wildman–Crippen LogP) is 1.99. The van der Waals surface area contributed by atoms with Gasteiger partial charge in [-0.05, 0) is 56.5 Å². The average molecular weight is 295 g/mol. The lowest BCUT2D eigenvalue weighted by Crippen LogP contribution is -2.58. The topological polar surface area (TPSA) is 58.4 Å². The van der Waals surface area contributed by atoms with Gasteiger partial charge < -0.3 is 16.0 Å². The summed E-state index contributed by atoms with van der Waals surface area (Å²) < 4.78 is 0. The largest absolute Gasteiger partial charge is 0.368 e. The monoisotopic (exact) mass is 295 g/mol. The Morgan fingerprint density at radius 2 is 2.00 bits per heavy atom. The first kappa shape index (κ1) is 16.8. The first-order valence-electron chi connectivity index (χ1n) is 8.77. The maximum atomic E-state index is 12.1. The fourth-order valence-electron chi connectivity index (χ4n) is 4.23. The zero-order chi connectivity index (χ0) is 15.5. The van der Waals surface area contributed by atoms with Gasteiger partial charge in [-0.2, -0.15) is 0 Å². The predicted molar refractivity (Wildman–Crippen MR) is 86.9 cm³/mol. The van der Waals surface area contributed by atoms with Gasteiger partial charge in [0.1, 0.15) is 5.54 Å². The molecule has 1 aliphatic carbocycles. The van der Waals surface area contributed by atoms with Crippen molar-refractivity contribution >= 4 is 5.91 Å². The Bertz CT molecular complexity index is 350. The fraction of sp³-hybridized carbons (Fsp3) is 0.941. The molecule has 0 radical (unpaired) electrons. The molecule has 2 fully saturated rings. The molecule has 1 aliphatic heterocycles. The van der Waals surface area contributed by atoms with Crippen LogP contribution in [0.1, 0.15) is 52.9 Å². The standard InChI is InChI=1S/C17H33N3O/c1-4-9-19-17(16(18)21)8-5-6-15(17)7-10-20-11-13(2)14(3)12-20/h13-15,19H,4-12H2,1-3H3,(H2,18,21). The van der Waals surface area contributed by atoms with Gasteiger partial charge in [-0.1, -0.05) is 27.2 Å². The molecule has 0 bridgehead atoms. The summed E-state index contributed by atoms with van der Waals surface area (Å²) in [4.78, 5) is 14.7.